The van der Waals surface area contributed by atoms with Crippen molar-refractivity contribution in [3.8, 4) is 17.0 Å². The predicted octanol–water partition coefficient (Wildman–Crippen LogP) is 6.61. The Hall–Kier alpha value is -2.58. The molecule has 0 saturated carbocycles. The van der Waals surface area contributed by atoms with Crippen LogP contribution in [-0.4, -0.2) is 12.1 Å². The molecule has 0 atom stereocenters. The normalized spacial score (nSPS) is 15.6. The van der Waals surface area contributed by atoms with Gasteiger partial charge in [0.2, 0.25) is 5.88 Å². The van der Waals surface area contributed by atoms with E-state index in [4.69, 9.17) is 16.3 Å². The second kappa shape index (κ2) is 6.54. The number of pyridine rings is 1. The zero-order chi connectivity index (χ0) is 18.4. The van der Waals surface area contributed by atoms with Gasteiger partial charge in [-0.25, -0.2) is 4.98 Å². The molecule has 2 aliphatic carbocycles. The number of aromatic nitrogens is 1. The van der Waals surface area contributed by atoms with E-state index in [0.717, 1.165) is 17.5 Å². The van der Waals surface area contributed by atoms with Crippen molar-refractivity contribution in [2.45, 2.75) is 25.7 Å². The number of allylic oxidation sites excluding steroid dienone is 4. The highest BCUT2D eigenvalue weighted by molar-refractivity contribution is 6.29. The molecule has 0 saturated heterocycles. The number of nitrogens with zero attached hydrogens (tertiary/aromatic N) is 1. The van der Waals surface area contributed by atoms with Crippen LogP contribution in [-0.2, 0) is 6.42 Å². The van der Waals surface area contributed by atoms with Gasteiger partial charge in [0.15, 0.2) is 0 Å². The van der Waals surface area contributed by atoms with Gasteiger partial charge in [0, 0.05) is 6.07 Å². The van der Waals surface area contributed by atoms with E-state index in [9.17, 15) is 0 Å². The Bertz CT molecular complexity index is 1130. The van der Waals surface area contributed by atoms with Gasteiger partial charge < -0.3 is 4.74 Å². The van der Waals surface area contributed by atoms with Crippen molar-refractivity contribution in [2.24, 2.45) is 0 Å². The molecule has 3 aromatic rings. The van der Waals surface area contributed by atoms with Gasteiger partial charge in [-0.3, -0.25) is 0 Å². The lowest BCUT2D eigenvalue weighted by atomic mass is 9.79. The van der Waals surface area contributed by atoms with Crippen LogP contribution in [0.5, 0.6) is 5.88 Å². The largest absolute Gasteiger partial charge is 0.481 e. The van der Waals surface area contributed by atoms with E-state index >= 15 is 0 Å². The second-order valence-corrected chi connectivity index (χ2v) is 7.59. The Kier molecular flexibility index (Phi) is 4.02. The van der Waals surface area contributed by atoms with Crippen molar-refractivity contribution in [3.63, 3.8) is 0 Å². The topological polar surface area (TPSA) is 22.1 Å². The summed E-state index contributed by atoms with van der Waals surface area (Å²) in [5, 5.41) is 3.07. The second-order valence-electron chi connectivity index (χ2n) is 7.21. The maximum absolute atomic E-state index is 6.18. The summed E-state index contributed by atoms with van der Waals surface area (Å²) in [4.78, 5) is 4.19. The molecule has 0 bridgehead atoms. The summed E-state index contributed by atoms with van der Waals surface area (Å²) in [6, 6.07) is 15.0. The first-order valence-electron chi connectivity index (χ1n) is 9.39. The van der Waals surface area contributed by atoms with E-state index in [-0.39, 0.29) is 0 Å². The predicted molar refractivity (Wildman–Crippen MR) is 112 cm³/mol. The SMILES string of the molecule is COc1cc(-c2ccc3ccc4c(c3c2)CCC2=C4C=CCC2)cc(Cl)n1. The van der Waals surface area contributed by atoms with Crippen LogP contribution in [0, 0.1) is 0 Å². The third kappa shape index (κ3) is 2.85. The summed E-state index contributed by atoms with van der Waals surface area (Å²) in [5.41, 5.74) is 8.10. The standard InChI is InChI=1S/C24H20ClNO/c1-27-24-14-18(13-23(25)26-24)17-7-6-16-9-10-20-19-5-3-2-4-15(19)8-11-21(20)22(16)12-17/h3,5-7,9-10,12-14H,2,4,8,11H2,1H3. The third-order valence-electron chi connectivity index (χ3n) is 5.69. The molecular weight excluding hydrogens is 354 g/mol. The summed E-state index contributed by atoms with van der Waals surface area (Å²) in [5.74, 6) is 0.537. The molecule has 1 aromatic heterocycles. The molecule has 2 aromatic carbocycles. The Balaban J connectivity index is 1.69. The summed E-state index contributed by atoms with van der Waals surface area (Å²) in [6.07, 6.45) is 9.29. The average Bonchev–Trinajstić information content (AvgIpc) is 2.72. The molecule has 5 rings (SSSR count). The molecule has 3 heteroatoms. The monoisotopic (exact) mass is 373 g/mol. The van der Waals surface area contributed by atoms with E-state index in [2.05, 4.69) is 47.5 Å². The summed E-state index contributed by atoms with van der Waals surface area (Å²) in [6.45, 7) is 0. The van der Waals surface area contributed by atoms with Gasteiger partial charge in [0.25, 0.3) is 0 Å². The van der Waals surface area contributed by atoms with Crippen LogP contribution < -0.4 is 4.74 Å². The summed E-state index contributed by atoms with van der Waals surface area (Å²) >= 11 is 6.18. The van der Waals surface area contributed by atoms with Gasteiger partial charge in [-0.2, -0.15) is 0 Å². The Labute approximate surface area is 164 Å². The first-order valence-corrected chi connectivity index (χ1v) is 9.77. The minimum atomic E-state index is 0.446. The number of hydrogen-bond acceptors (Lipinski definition) is 2. The van der Waals surface area contributed by atoms with Crippen molar-refractivity contribution in [1.82, 2.24) is 4.98 Å². The number of rotatable bonds is 2. The highest BCUT2D eigenvalue weighted by atomic mass is 35.5. The molecule has 2 nitrogen and oxygen atoms in total. The molecule has 1 heterocycles. The molecule has 2 aliphatic rings. The Morgan fingerprint density at radius 3 is 2.74 bits per heavy atom. The maximum atomic E-state index is 6.18. The van der Waals surface area contributed by atoms with Gasteiger partial charge in [0.1, 0.15) is 5.15 Å². The quantitative estimate of drug-likeness (QED) is 0.471. The molecule has 0 amide bonds. The molecule has 134 valence electrons. The number of aryl methyl sites for hydroxylation is 1. The van der Waals surface area contributed by atoms with Gasteiger partial charge in [-0.15, -0.1) is 0 Å². The van der Waals surface area contributed by atoms with Gasteiger partial charge >= 0.3 is 0 Å². The molecule has 0 spiro atoms. The molecule has 27 heavy (non-hydrogen) atoms. The van der Waals surface area contributed by atoms with E-state index in [1.807, 2.05) is 12.1 Å². The van der Waals surface area contributed by atoms with Crippen LogP contribution in [0.1, 0.15) is 30.4 Å². The molecule has 0 N–H and O–H groups in total. The highest BCUT2D eigenvalue weighted by Gasteiger charge is 2.20. The minimum absolute atomic E-state index is 0.446. The van der Waals surface area contributed by atoms with Crippen molar-refractivity contribution in [3.05, 3.63) is 76.5 Å². The van der Waals surface area contributed by atoms with Crippen LogP contribution >= 0.6 is 11.6 Å². The minimum Gasteiger partial charge on any atom is -0.481 e. The maximum Gasteiger partial charge on any atom is 0.214 e. The number of fused-ring (bicyclic) bond motifs is 4. The van der Waals surface area contributed by atoms with Crippen molar-refractivity contribution < 1.29 is 4.74 Å². The lowest BCUT2D eigenvalue weighted by molar-refractivity contribution is 0.398. The molecular formula is C24H20ClNO. The lowest BCUT2D eigenvalue weighted by Crippen LogP contribution is -2.07. The van der Waals surface area contributed by atoms with Crippen LogP contribution in [0.4, 0.5) is 0 Å². The molecule has 0 fully saturated rings. The van der Waals surface area contributed by atoms with E-state index in [1.165, 1.54) is 46.7 Å². The van der Waals surface area contributed by atoms with Crippen molar-refractivity contribution in [2.75, 3.05) is 7.11 Å². The van der Waals surface area contributed by atoms with E-state index in [1.54, 1.807) is 12.7 Å². The first kappa shape index (κ1) is 16.6. The zero-order valence-electron chi connectivity index (χ0n) is 15.3. The number of ether oxygens (including phenoxy) is 1. The van der Waals surface area contributed by atoms with E-state index < -0.39 is 0 Å². The molecule has 0 unspecified atom stereocenters. The van der Waals surface area contributed by atoms with E-state index in [0.29, 0.717) is 11.0 Å². The van der Waals surface area contributed by atoms with Gasteiger partial charge in [0.05, 0.1) is 7.11 Å². The molecule has 0 radical (unpaired) electrons. The van der Waals surface area contributed by atoms with Crippen LogP contribution in [0.25, 0.3) is 27.5 Å². The van der Waals surface area contributed by atoms with Gasteiger partial charge in [-0.05, 0) is 76.4 Å². The summed E-state index contributed by atoms with van der Waals surface area (Å²) < 4.78 is 5.29. The number of hydrogen-bond donors (Lipinski definition) is 0. The van der Waals surface area contributed by atoms with Crippen molar-refractivity contribution in [1.29, 1.82) is 0 Å². The van der Waals surface area contributed by atoms with Crippen LogP contribution in [0.2, 0.25) is 5.15 Å². The third-order valence-corrected chi connectivity index (χ3v) is 5.88. The smallest absolute Gasteiger partial charge is 0.214 e. The fourth-order valence-electron chi connectivity index (χ4n) is 4.35. The number of methoxy groups -OCH3 is 1. The average molecular weight is 374 g/mol. The zero-order valence-corrected chi connectivity index (χ0v) is 16.0. The fraction of sp³-hybridized carbons (Fsp3) is 0.208. The number of halogens is 1. The van der Waals surface area contributed by atoms with Gasteiger partial charge in [-0.1, -0.05) is 53.6 Å². The highest BCUT2D eigenvalue weighted by Crippen LogP contribution is 2.40. The van der Waals surface area contributed by atoms with Crippen LogP contribution in [0.3, 0.4) is 0 Å². The Morgan fingerprint density at radius 1 is 0.963 bits per heavy atom. The van der Waals surface area contributed by atoms with Crippen LogP contribution in [0.15, 0.2) is 60.2 Å². The van der Waals surface area contributed by atoms with Crippen molar-refractivity contribution >= 4 is 27.9 Å². The summed E-state index contributed by atoms with van der Waals surface area (Å²) in [7, 11) is 1.61. The lowest BCUT2D eigenvalue weighted by Gasteiger charge is -2.25. The molecule has 0 aliphatic heterocycles. The fourth-order valence-corrected chi connectivity index (χ4v) is 4.55. The Morgan fingerprint density at radius 2 is 1.85 bits per heavy atom. The number of benzene rings is 2. The first-order chi connectivity index (χ1) is 13.2.